The third-order valence-electron chi connectivity index (χ3n) is 7.50. The van der Waals surface area contributed by atoms with E-state index in [1.54, 1.807) is 52.5 Å². The molecule has 1 atom stereocenters. The summed E-state index contributed by atoms with van der Waals surface area (Å²) in [5.74, 6) is -1.06. The number of hydrogen-bond donors (Lipinski definition) is 0. The van der Waals surface area contributed by atoms with Crippen LogP contribution in [0.25, 0.3) is 44.4 Å². The van der Waals surface area contributed by atoms with Crippen LogP contribution in [0.4, 0.5) is 13.2 Å². The third-order valence-corrected chi connectivity index (χ3v) is 9.20. The molecule has 46 heavy (non-hydrogen) atoms. The van der Waals surface area contributed by atoms with E-state index in [9.17, 15) is 27.8 Å². The second kappa shape index (κ2) is 12.8. The molecule has 5 aromatic carbocycles. The van der Waals surface area contributed by atoms with Gasteiger partial charge in [-0.3, -0.25) is 0 Å². The molecular weight excluding hydrogens is 633 g/mol. The number of fused-ring (bicyclic) bond motifs is 1. The molecule has 228 valence electrons. The van der Waals surface area contributed by atoms with Crippen LogP contribution in [0.5, 0.6) is 0 Å². The number of hydrogen-bond acceptors (Lipinski definition) is 4. The molecule has 0 bridgehead atoms. The number of carbonyl (C=O) groups is 1. The van der Waals surface area contributed by atoms with Gasteiger partial charge >= 0.3 is 5.97 Å². The van der Waals surface area contributed by atoms with Gasteiger partial charge in [-0.2, -0.15) is 9.23 Å². The number of esters is 1. The first kappa shape index (κ1) is 31.0. The van der Waals surface area contributed by atoms with Gasteiger partial charge in [-0.05, 0) is 83.9 Å². The first-order valence-corrected chi connectivity index (χ1v) is 15.3. The SMILES string of the molecule is COC(=O)c1ccc(-c2cccc(-c3c(-c4cccc(C#N)c4)c4cc(F)ccc4n3[S+]([O-])c3ccc(C(F)F)cc3)c2)c(Cl)c1. The summed E-state index contributed by atoms with van der Waals surface area (Å²) in [6, 6.07) is 30.3. The molecule has 1 heterocycles. The Hall–Kier alpha value is -5.01. The molecule has 0 saturated carbocycles. The lowest BCUT2D eigenvalue weighted by Gasteiger charge is -2.17. The molecule has 0 amide bonds. The van der Waals surface area contributed by atoms with Crippen molar-refractivity contribution in [3.05, 3.63) is 137 Å². The number of methoxy groups -OCH3 is 1. The van der Waals surface area contributed by atoms with E-state index in [0.29, 0.717) is 55.0 Å². The van der Waals surface area contributed by atoms with E-state index in [1.807, 2.05) is 12.1 Å². The van der Waals surface area contributed by atoms with Crippen LogP contribution in [0, 0.1) is 17.1 Å². The Labute approximate surface area is 270 Å². The van der Waals surface area contributed by atoms with Gasteiger partial charge < -0.3 is 9.29 Å². The minimum Gasteiger partial charge on any atom is -0.587 e. The Morgan fingerprint density at radius 3 is 2.33 bits per heavy atom. The van der Waals surface area contributed by atoms with Crippen LogP contribution in [-0.2, 0) is 16.1 Å². The van der Waals surface area contributed by atoms with E-state index in [-0.39, 0.29) is 16.0 Å². The van der Waals surface area contributed by atoms with Gasteiger partial charge in [0.05, 0.1) is 29.8 Å². The molecule has 0 aliphatic heterocycles. The molecule has 0 N–H and O–H groups in total. The van der Waals surface area contributed by atoms with Gasteiger partial charge in [-0.1, -0.05) is 48.0 Å². The van der Waals surface area contributed by atoms with E-state index in [1.165, 1.54) is 55.6 Å². The Bertz CT molecular complexity index is 2160. The summed E-state index contributed by atoms with van der Waals surface area (Å²) in [5.41, 5.74) is 4.28. The summed E-state index contributed by atoms with van der Waals surface area (Å²) in [5, 5.41) is 10.4. The van der Waals surface area contributed by atoms with E-state index >= 15 is 0 Å². The molecule has 5 nitrogen and oxygen atoms in total. The van der Waals surface area contributed by atoms with E-state index < -0.39 is 29.6 Å². The second-order valence-corrected chi connectivity index (χ2v) is 12.0. The summed E-state index contributed by atoms with van der Waals surface area (Å²) in [7, 11) is 1.28. The fraction of sp³-hybridized carbons (Fsp3) is 0.0556. The summed E-state index contributed by atoms with van der Waals surface area (Å²) >= 11 is 4.64. The molecule has 10 heteroatoms. The number of ether oxygens (including phenoxy) is 1. The lowest BCUT2D eigenvalue weighted by molar-refractivity contribution is 0.0600. The van der Waals surface area contributed by atoms with Crippen LogP contribution >= 0.6 is 11.6 Å². The van der Waals surface area contributed by atoms with Crippen molar-refractivity contribution in [1.29, 1.82) is 5.26 Å². The van der Waals surface area contributed by atoms with Crippen molar-refractivity contribution >= 4 is 39.8 Å². The van der Waals surface area contributed by atoms with E-state index in [0.717, 1.165) is 0 Å². The van der Waals surface area contributed by atoms with Gasteiger partial charge in [0.1, 0.15) is 22.9 Å². The quantitative estimate of drug-likeness (QED) is 0.127. The molecule has 0 spiro atoms. The van der Waals surface area contributed by atoms with Crippen LogP contribution in [0.2, 0.25) is 5.02 Å². The van der Waals surface area contributed by atoms with Crippen molar-refractivity contribution in [2.75, 3.05) is 7.11 Å². The summed E-state index contributed by atoms with van der Waals surface area (Å²) in [6.07, 6.45) is -2.69. The van der Waals surface area contributed by atoms with Gasteiger partial charge in [-0.15, -0.1) is 0 Å². The predicted molar refractivity (Wildman–Crippen MR) is 172 cm³/mol. The molecular formula is C36H22ClF3N2O3S. The summed E-state index contributed by atoms with van der Waals surface area (Å²) in [4.78, 5) is 12.3. The zero-order valence-electron chi connectivity index (χ0n) is 24.0. The first-order valence-electron chi connectivity index (χ1n) is 13.8. The summed E-state index contributed by atoms with van der Waals surface area (Å²) in [6.45, 7) is 0. The minimum atomic E-state index is -2.69. The molecule has 1 unspecified atom stereocenters. The van der Waals surface area contributed by atoms with Gasteiger partial charge in [0.2, 0.25) is 0 Å². The molecule has 1 aromatic heterocycles. The van der Waals surface area contributed by atoms with Crippen molar-refractivity contribution in [3.8, 4) is 39.6 Å². The number of benzene rings is 5. The zero-order chi connectivity index (χ0) is 32.5. The molecule has 6 rings (SSSR count). The van der Waals surface area contributed by atoms with Gasteiger partial charge in [0, 0.05) is 32.7 Å². The van der Waals surface area contributed by atoms with Gasteiger partial charge in [-0.25, -0.2) is 18.0 Å². The van der Waals surface area contributed by atoms with Crippen molar-refractivity contribution in [2.45, 2.75) is 11.3 Å². The summed E-state index contributed by atoms with van der Waals surface area (Å²) < 4.78 is 62.2. The zero-order valence-corrected chi connectivity index (χ0v) is 25.6. The van der Waals surface area contributed by atoms with Crippen molar-refractivity contribution < 1.29 is 27.3 Å². The number of alkyl halides is 2. The van der Waals surface area contributed by atoms with Gasteiger partial charge in [0.15, 0.2) is 4.90 Å². The van der Waals surface area contributed by atoms with Gasteiger partial charge in [0.25, 0.3) is 6.43 Å². The average molecular weight is 655 g/mol. The normalized spacial score (nSPS) is 11.9. The first-order chi connectivity index (χ1) is 22.2. The predicted octanol–water partition coefficient (Wildman–Crippen LogP) is 9.60. The highest BCUT2D eigenvalue weighted by molar-refractivity contribution is 7.90. The minimum absolute atomic E-state index is 0.211. The van der Waals surface area contributed by atoms with E-state index in [4.69, 9.17) is 16.3 Å². The number of nitriles is 1. The smallest absolute Gasteiger partial charge is 0.337 e. The fourth-order valence-corrected chi connectivity index (χ4v) is 6.94. The van der Waals surface area contributed by atoms with Crippen LogP contribution in [0.1, 0.15) is 27.9 Å². The molecule has 0 saturated heterocycles. The van der Waals surface area contributed by atoms with Crippen LogP contribution in [-0.4, -0.2) is 21.6 Å². The Morgan fingerprint density at radius 1 is 0.913 bits per heavy atom. The van der Waals surface area contributed by atoms with Crippen molar-refractivity contribution in [1.82, 2.24) is 3.97 Å². The largest absolute Gasteiger partial charge is 0.587 e. The van der Waals surface area contributed by atoms with Crippen LogP contribution < -0.4 is 0 Å². The van der Waals surface area contributed by atoms with Crippen LogP contribution in [0.3, 0.4) is 0 Å². The average Bonchev–Trinajstić information content (AvgIpc) is 3.41. The molecule has 0 aliphatic rings. The second-order valence-electron chi connectivity index (χ2n) is 10.3. The fourth-order valence-electron chi connectivity index (χ4n) is 5.37. The molecule has 0 fully saturated rings. The lowest BCUT2D eigenvalue weighted by atomic mass is 9.95. The topological polar surface area (TPSA) is 78.1 Å². The lowest BCUT2D eigenvalue weighted by Crippen LogP contribution is -2.14. The van der Waals surface area contributed by atoms with E-state index in [2.05, 4.69) is 6.07 Å². The molecule has 0 aliphatic carbocycles. The Balaban J connectivity index is 1.64. The number of nitrogens with zero attached hydrogens (tertiary/aromatic N) is 2. The van der Waals surface area contributed by atoms with Crippen LogP contribution in [0.15, 0.2) is 114 Å². The standard InChI is InChI=1S/C36H22ClF3N2O3S/c1-45-36(43)26-10-14-29(31(37)18-26)23-5-3-7-25(17-23)34-33(24-6-2-4-21(16-24)20-41)30-19-27(38)11-15-32(30)42(34)46(44)28-12-8-22(9-13-28)35(39)40/h2-19,35H,1H3. The monoisotopic (exact) mass is 654 g/mol. The number of halogens is 4. The number of carbonyl (C=O) groups excluding carboxylic acids is 1. The highest BCUT2D eigenvalue weighted by atomic mass is 35.5. The Morgan fingerprint density at radius 2 is 1.63 bits per heavy atom. The highest BCUT2D eigenvalue weighted by Gasteiger charge is 2.29. The number of aromatic nitrogens is 1. The Kier molecular flexibility index (Phi) is 8.61. The molecule has 0 radical (unpaired) electrons. The maximum atomic E-state index is 14.9. The molecule has 6 aromatic rings. The number of rotatable bonds is 7. The third kappa shape index (κ3) is 5.74. The maximum Gasteiger partial charge on any atom is 0.337 e. The highest BCUT2D eigenvalue weighted by Crippen LogP contribution is 2.44. The maximum absolute atomic E-state index is 14.9. The van der Waals surface area contributed by atoms with Crippen molar-refractivity contribution in [2.24, 2.45) is 0 Å². The van der Waals surface area contributed by atoms with Crippen molar-refractivity contribution in [3.63, 3.8) is 0 Å².